The molecule has 0 aliphatic rings. The van der Waals surface area contributed by atoms with Crippen LogP contribution in [0.25, 0.3) is 0 Å². The largest absolute Gasteiger partial charge is 0.147 e. The Balaban J connectivity index is 4.02. The van der Waals surface area contributed by atoms with Crippen molar-refractivity contribution in [3.05, 3.63) is 35.1 Å². The van der Waals surface area contributed by atoms with Crippen LogP contribution in [0.1, 0.15) is 12.8 Å². The fraction of sp³-hybridized carbons (Fsp3) is 0.250. The van der Waals surface area contributed by atoms with E-state index in [1.165, 1.54) is 0 Å². The minimum absolute atomic E-state index is 0.787. The van der Waals surface area contributed by atoms with E-state index in [2.05, 4.69) is 38.4 Å². The first kappa shape index (κ1) is 9.92. The summed E-state index contributed by atoms with van der Waals surface area (Å²) < 4.78 is 0. The molecule has 0 heterocycles. The maximum absolute atomic E-state index is 4.22. The molecule has 0 aromatic rings. The Morgan fingerprint density at radius 2 is 1.30 bits per heavy atom. The molecule has 0 aliphatic heterocycles. The van der Waals surface area contributed by atoms with E-state index in [4.69, 9.17) is 0 Å². The van der Waals surface area contributed by atoms with Crippen molar-refractivity contribution in [1.82, 2.24) is 0 Å². The third-order valence-electron chi connectivity index (χ3n) is 1.01. The lowest BCUT2D eigenvalue weighted by atomic mass is 10.3. The third-order valence-corrected chi connectivity index (χ3v) is 2.09. The summed E-state index contributed by atoms with van der Waals surface area (Å²) in [5.41, 5.74) is 0. The van der Waals surface area contributed by atoms with Gasteiger partial charge in [-0.05, 0) is 22.7 Å². The van der Waals surface area contributed by atoms with Gasteiger partial charge in [-0.15, -0.1) is 38.4 Å². The van der Waals surface area contributed by atoms with Gasteiger partial charge in [-0.3, -0.25) is 0 Å². The molecule has 0 aliphatic carbocycles. The lowest BCUT2D eigenvalue weighted by Crippen LogP contribution is -1.75. The summed E-state index contributed by atoms with van der Waals surface area (Å²) in [5, 5.41) is 0. The van der Waals surface area contributed by atoms with Gasteiger partial charge in [0.05, 0.1) is 0 Å². The molecule has 0 aromatic heterocycles. The van der Waals surface area contributed by atoms with Gasteiger partial charge in [0, 0.05) is 0 Å². The average molecular weight is 172 g/mol. The van der Waals surface area contributed by atoms with Crippen LogP contribution in [0.5, 0.6) is 0 Å². The topological polar surface area (TPSA) is 0 Å². The molecule has 0 spiro atoms. The summed E-state index contributed by atoms with van der Waals surface area (Å²) in [6, 6.07) is 0. The number of thiol groups is 2. The first-order chi connectivity index (χ1) is 4.72. The highest BCUT2D eigenvalue weighted by molar-refractivity contribution is 7.88. The summed E-state index contributed by atoms with van der Waals surface area (Å²) >= 11 is 8.45. The number of rotatable bonds is 4. The van der Waals surface area contributed by atoms with Crippen LogP contribution < -0.4 is 0 Å². The van der Waals surface area contributed by atoms with E-state index in [1.807, 2.05) is 12.2 Å². The summed E-state index contributed by atoms with van der Waals surface area (Å²) in [6.07, 6.45) is 5.19. The molecule has 56 valence electrons. The maximum Gasteiger partial charge on any atom is -0.00346 e. The maximum atomic E-state index is 4.22. The molecule has 0 nitrogen and oxygen atoms in total. The van der Waals surface area contributed by atoms with Crippen LogP contribution in [0.4, 0.5) is 0 Å². The molecule has 0 radical (unpaired) electrons. The molecule has 0 amide bonds. The number of hydrogen-bond donors (Lipinski definition) is 2. The minimum Gasteiger partial charge on any atom is -0.147 e. The molecule has 0 N–H and O–H groups in total. The highest BCUT2D eigenvalue weighted by Crippen LogP contribution is 2.19. The molecule has 0 saturated carbocycles. The van der Waals surface area contributed by atoms with Gasteiger partial charge >= 0.3 is 0 Å². The normalized spacial score (nSPS) is 12.2. The minimum atomic E-state index is 0.787. The van der Waals surface area contributed by atoms with Crippen molar-refractivity contribution in [3.63, 3.8) is 0 Å². The molecule has 0 fully saturated rings. The highest BCUT2D eigenvalue weighted by Gasteiger charge is 1.93. The summed E-state index contributed by atoms with van der Waals surface area (Å²) in [5.74, 6) is 0. The first-order valence-electron chi connectivity index (χ1n) is 3.04. The smallest absolute Gasteiger partial charge is 0.00346 e. The van der Waals surface area contributed by atoms with Crippen LogP contribution in [0.15, 0.2) is 35.1 Å². The van der Waals surface area contributed by atoms with E-state index in [1.54, 1.807) is 0 Å². The van der Waals surface area contributed by atoms with E-state index < -0.39 is 0 Å². The van der Waals surface area contributed by atoms with Crippen molar-refractivity contribution in [2.24, 2.45) is 0 Å². The molecular formula is C8H12S2. The molecule has 0 bridgehead atoms. The average Bonchev–Trinajstić information content (AvgIpc) is 1.89. The van der Waals surface area contributed by atoms with Gasteiger partial charge in [-0.2, -0.15) is 0 Å². The first-order valence-corrected chi connectivity index (χ1v) is 3.93. The molecule has 0 atom stereocenters. The SMILES string of the molecule is C=CC/C(S)=C(/S)CC=C. The molecule has 2 heteroatoms. The van der Waals surface area contributed by atoms with Gasteiger partial charge in [-0.1, -0.05) is 12.2 Å². The van der Waals surface area contributed by atoms with Crippen molar-refractivity contribution in [3.8, 4) is 0 Å². The second kappa shape index (κ2) is 5.69. The lowest BCUT2D eigenvalue weighted by Gasteiger charge is -1.98. The van der Waals surface area contributed by atoms with Crippen LogP contribution >= 0.6 is 25.3 Å². The van der Waals surface area contributed by atoms with E-state index >= 15 is 0 Å². The quantitative estimate of drug-likeness (QED) is 0.472. The zero-order valence-electron chi connectivity index (χ0n) is 5.88. The standard InChI is InChI=1S/C8H12S2/c1-3-5-7(9)8(10)6-4-2/h3-4,9-10H,1-2,5-6H2/b8-7-. The van der Waals surface area contributed by atoms with Crippen LogP contribution in [-0.4, -0.2) is 0 Å². The molecule has 10 heavy (non-hydrogen) atoms. The van der Waals surface area contributed by atoms with Crippen molar-refractivity contribution in [2.75, 3.05) is 0 Å². The molecular weight excluding hydrogens is 160 g/mol. The molecule has 0 saturated heterocycles. The second-order valence-electron chi connectivity index (χ2n) is 1.88. The fourth-order valence-corrected chi connectivity index (χ4v) is 0.950. The summed E-state index contributed by atoms with van der Waals surface area (Å²) in [6.45, 7) is 7.20. The van der Waals surface area contributed by atoms with Gasteiger partial charge in [-0.25, -0.2) is 0 Å². The Morgan fingerprint density at radius 3 is 1.50 bits per heavy atom. The van der Waals surface area contributed by atoms with Crippen LogP contribution in [-0.2, 0) is 0 Å². The van der Waals surface area contributed by atoms with Crippen molar-refractivity contribution < 1.29 is 0 Å². The predicted octanol–water partition coefficient (Wildman–Crippen LogP) is 3.21. The molecule has 0 aromatic carbocycles. The number of allylic oxidation sites excluding steroid dienone is 4. The molecule has 0 rings (SSSR count). The van der Waals surface area contributed by atoms with Gasteiger partial charge in [0.25, 0.3) is 0 Å². The summed E-state index contributed by atoms with van der Waals surface area (Å²) in [7, 11) is 0. The zero-order chi connectivity index (χ0) is 7.98. The van der Waals surface area contributed by atoms with Gasteiger partial charge in [0.2, 0.25) is 0 Å². The van der Waals surface area contributed by atoms with E-state index in [9.17, 15) is 0 Å². The van der Waals surface area contributed by atoms with Crippen molar-refractivity contribution in [2.45, 2.75) is 12.8 Å². The zero-order valence-corrected chi connectivity index (χ0v) is 7.67. The van der Waals surface area contributed by atoms with Crippen LogP contribution in [0.3, 0.4) is 0 Å². The Hall–Kier alpha value is -0.0800. The third kappa shape index (κ3) is 3.85. The Morgan fingerprint density at radius 1 is 1.00 bits per heavy atom. The Bertz CT molecular complexity index is 139. The highest BCUT2D eigenvalue weighted by atomic mass is 32.1. The lowest BCUT2D eigenvalue weighted by molar-refractivity contribution is 1.28. The van der Waals surface area contributed by atoms with E-state index in [0.717, 1.165) is 22.7 Å². The van der Waals surface area contributed by atoms with Crippen LogP contribution in [0.2, 0.25) is 0 Å². The Kier molecular flexibility index (Phi) is 5.64. The number of hydrogen-bond acceptors (Lipinski definition) is 2. The van der Waals surface area contributed by atoms with E-state index in [0.29, 0.717) is 0 Å². The fourth-order valence-electron chi connectivity index (χ4n) is 0.509. The van der Waals surface area contributed by atoms with Gasteiger partial charge in [0.15, 0.2) is 0 Å². The van der Waals surface area contributed by atoms with Gasteiger partial charge in [0.1, 0.15) is 0 Å². The summed E-state index contributed by atoms with van der Waals surface area (Å²) in [4.78, 5) is 1.94. The monoisotopic (exact) mass is 172 g/mol. The van der Waals surface area contributed by atoms with E-state index in [-0.39, 0.29) is 0 Å². The van der Waals surface area contributed by atoms with Crippen molar-refractivity contribution in [1.29, 1.82) is 0 Å². The predicted molar refractivity (Wildman–Crippen MR) is 54.6 cm³/mol. The van der Waals surface area contributed by atoms with Gasteiger partial charge < -0.3 is 0 Å². The Labute approximate surface area is 73.5 Å². The van der Waals surface area contributed by atoms with Crippen molar-refractivity contribution >= 4 is 25.3 Å². The molecule has 0 unspecified atom stereocenters. The second-order valence-corrected chi connectivity index (χ2v) is 2.96. The van der Waals surface area contributed by atoms with Crippen LogP contribution in [0, 0.1) is 0 Å².